The molecule has 0 atom stereocenters. The highest BCUT2D eigenvalue weighted by atomic mass is 32.2. The Morgan fingerprint density at radius 3 is 2.58 bits per heavy atom. The average Bonchev–Trinajstić information content (AvgIpc) is 3.06. The summed E-state index contributed by atoms with van der Waals surface area (Å²) >= 11 is 1.43. The average molecular weight is 365 g/mol. The molecule has 2 aliphatic rings. The number of fused-ring (bicyclic) bond motifs is 2. The van der Waals surface area contributed by atoms with Gasteiger partial charge in [0, 0.05) is 30.9 Å². The predicted molar refractivity (Wildman–Crippen MR) is 88.7 cm³/mol. The second kappa shape index (κ2) is 4.96. The molecule has 2 aromatic heterocycles. The maximum Gasteiger partial charge on any atom is 0.273 e. The molecule has 0 unspecified atom stereocenters. The van der Waals surface area contributed by atoms with Crippen LogP contribution in [0, 0.1) is 6.92 Å². The van der Waals surface area contributed by atoms with Gasteiger partial charge in [-0.3, -0.25) is 14.1 Å². The summed E-state index contributed by atoms with van der Waals surface area (Å²) in [5.74, 6) is 0.241. The highest BCUT2D eigenvalue weighted by molar-refractivity contribution is 7.92. The van der Waals surface area contributed by atoms with E-state index in [1.807, 2.05) is 6.92 Å². The molecule has 2 aromatic rings. The van der Waals surface area contributed by atoms with E-state index in [-0.39, 0.29) is 12.5 Å². The van der Waals surface area contributed by atoms with E-state index in [1.165, 1.54) is 21.8 Å². The SMILES string of the molecule is Cc1nc(C(=O)N2CC3(C2)CN(S(C)(=O)=O)c2nccnc23)cs1. The second-order valence-electron chi connectivity index (χ2n) is 6.19. The quantitative estimate of drug-likeness (QED) is 0.765. The van der Waals surface area contributed by atoms with E-state index in [1.54, 1.807) is 16.5 Å². The summed E-state index contributed by atoms with van der Waals surface area (Å²) in [4.78, 5) is 26.9. The molecule has 1 fully saturated rings. The van der Waals surface area contributed by atoms with Crippen molar-refractivity contribution in [2.45, 2.75) is 12.3 Å². The Balaban J connectivity index is 1.62. The highest BCUT2D eigenvalue weighted by Gasteiger charge is 2.56. The first-order valence-corrected chi connectivity index (χ1v) is 10.0. The Labute approximate surface area is 143 Å². The van der Waals surface area contributed by atoms with Gasteiger partial charge in [-0.1, -0.05) is 0 Å². The molecule has 1 spiro atoms. The molecular weight excluding hydrogens is 350 g/mol. The molecule has 10 heteroatoms. The molecule has 0 saturated carbocycles. The molecule has 0 aromatic carbocycles. The van der Waals surface area contributed by atoms with Crippen LogP contribution in [-0.2, 0) is 15.4 Å². The molecule has 4 rings (SSSR count). The number of carbonyl (C=O) groups excluding carboxylic acids is 1. The molecule has 0 bridgehead atoms. The van der Waals surface area contributed by atoms with Gasteiger partial charge in [-0.2, -0.15) is 0 Å². The first-order chi connectivity index (χ1) is 11.3. The summed E-state index contributed by atoms with van der Waals surface area (Å²) < 4.78 is 25.3. The van der Waals surface area contributed by atoms with Crippen LogP contribution in [0.5, 0.6) is 0 Å². The molecule has 24 heavy (non-hydrogen) atoms. The van der Waals surface area contributed by atoms with Gasteiger partial charge in [0.15, 0.2) is 5.82 Å². The van der Waals surface area contributed by atoms with E-state index in [0.717, 1.165) is 11.3 Å². The first kappa shape index (κ1) is 15.5. The number of aromatic nitrogens is 3. The minimum Gasteiger partial charge on any atom is -0.335 e. The number of carbonyl (C=O) groups is 1. The maximum absolute atomic E-state index is 12.5. The Morgan fingerprint density at radius 2 is 1.96 bits per heavy atom. The number of amides is 1. The molecule has 0 aliphatic carbocycles. The van der Waals surface area contributed by atoms with E-state index >= 15 is 0 Å². The van der Waals surface area contributed by atoms with Crippen molar-refractivity contribution in [3.05, 3.63) is 34.2 Å². The third-order valence-electron chi connectivity index (χ3n) is 4.38. The Hall–Kier alpha value is -2.07. The molecule has 1 amide bonds. The van der Waals surface area contributed by atoms with Crippen LogP contribution in [0.2, 0.25) is 0 Å². The summed E-state index contributed by atoms with van der Waals surface area (Å²) in [5, 5.41) is 2.59. The van der Waals surface area contributed by atoms with Gasteiger partial charge < -0.3 is 4.90 Å². The van der Waals surface area contributed by atoms with Gasteiger partial charge >= 0.3 is 0 Å². The monoisotopic (exact) mass is 365 g/mol. The van der Waals surface area contributed by atoms with E-state index in [4.69, 9.17) is 0 Å². The van der Waals surface area contributed by atoms with Crippen molar-refractivity contribution >= 4 is 33.1 Å². The predicted octanol–water partition coefficient (Wildman–Crippen LogP) is 0.415. The van der Waals surface area contributed by atoms with Crippen LogP contribution in [-0.4, -0.2) is 60.1 Å². The van der Waals surface area contributed by atoms with Crippen LogP contribution in [0.25, 0.3) is 0 Å². The minimum atomic E-state index is -3.43. The largest absolute Gasteiger partial charge is 0.335 e. The van der Waals surface area contributed by atoms with Gasteiger partial charge in [0.25, 0.3) is 5.91 Å². The maximum atomic E-state index is 12.5. The number of thiazole rings is 1. The van der Waals surface area contributed by atoms with E-state index < -0.39 is 15.4 Å². The molecule has 0 N–H and O–H groups in total. The number of nitrogens with zero attached hydrogens (tertiary/aromatic N) is 5. The summed E-state index contributed by atoms with van der Waals surface area (Å²) in [6, 6.07) is 0. The van der Waals surface area contributed by atoms with Crippen molar-refractivity contribution in [1.29, 1.82) is 0 Å². The van der Waals surface area contributed by atoms with Crippen LogP contribution in [0.3, 0.4) is 0 Å². The lowest BCUT2D eigenvalue weighted by Crippen LogP contribution is -2.63. The molecule has 2 aliphatic heterocycles. The van der Waals surface area contributed by atoms with Gasteiger partial charge in [0.05, 0.1) is 28.9 Å². The van der Waals surface area contributed by atoms with Crippen molar-refractivity contribution in [3.63, 3.8) is 0 Å². The van der Waals surface area contributed by atoms with Gasteiger partial charge in [-0.05, 0) is 6.92 Å². The van der Waals surface area contributed by atoms with Crippen molar-refractivity contribution in [3.8, 4) is 0 Å². The van der Waals surface area contributed by atoms with E-state index in [9.17, 15) is 13.2 Å². The molecule has 126 valence electrons. The van der Waals surface area contributed by atoms with Crippen LogP contribution in [0.1, 0.15) is 21.2 Å². The number of aryl methyl sites for hydroxylation is 1. The number of hydrogen-bond donors (Lipinski definition) is 0. The lowest BCUT2D eigenvalue weighted by molar-refractivity contribution is 0.0417. The fourth-order valence-electron chi connectivity index (χ4n) is 3.29. The zero-order valence-electron chi connectivity index (χ0n) is 13.1. The topological polar surface area (TPSA) is 96.4 Å². The minimum absolute atomic E-state index is 0.131. The van der Waals surface area contributed by atoms with Crippen molar-refractivity contribution < 1.29 is 13.2 Å². The molecular formula is C14H15N5O3S2. The zero-order valence-corrected chi connectivity index (χ0v) is 14.8. The Bertz CT molecular complexity index is 933. The number of rotatable bonds is 2. The molecule has 8 nitrogen and oxygen atoms in total. The Kier molecular flexibility index (Phi) is 3.20. The lowest BCUT2D eigenvalue weighted by Gasteiger charge is -2.47. The molecule has 0 radical (unpaired) electrons. The van der Waals surface area contributed by atoms with Gasteiger partial charge in [-0.15, -0.1) is 11.3 Å². The zero-order chi connectivity index (χ0) is 17.1. The standard InChI is InChI=1S/C14H15N5O3S2/c1-9-17-10(5-23-9)13(20)18-6-14(7-18)8-19(24(2,21)22)12-11(14)15-3-4-16-12/h3-5H,6-8H2,1-2H3. The van der Waals surface area contributed by atoms with Crippen LogP contribution in [0.15, 0.2) is 17.8 Å². The highest BCUT2D eigenvalue weighted by Crippen LogP contribution is 2.45. The molecule has 1 saturated heterocycles. The summed E-state index contributed by atoms with van der Waals surface area (Å²) in [7, 11) is -3.43. The fraction of sp³-hybridized carbons (Fsp3) is 0.429. The first-order valence-electron chi connectivity index (χ1n) is 7.31. The summed E-state index contributed by atoms with van der Waals surface area (Å²) in [6.07, 6.45) is 4.19. The fourth-order valence-corrected chi connectivity index (χ4v) is 4.80. The lowest BCUT2D eigenvalue weighted by atomic mass is 9.78. The van der Waals surface area contributed by atoms with E-state index in [2.05, 4.69) is 15.0 Å². The number of anilines is 1. The third kappa shape index (κ3) is 2.20. The summed E-state index contributed by atoms with van der Waals surface area (Å²) in [6.45, 7) is 2.96. The number of likely N-dealkylation sites (tertiary alicyclic amines) is 1. The Morgan fingerprint density at radius 1 is 1.25 bits per heavy atom. The van der Waals surface area contributed by atoms with Crippen LogP contribution < -0.4 is 4.31 Å². The van der Waals surface area contributed by atoms with Crippen molar-refractivity contribution in [2.24, 2.45) is 0 Å². The van der Waals surface area contributed by atoms with Crippen molar-refractivity contribution in [1.82, 2.24) is 19.9 Å². The number of hydrogen-bond acceptors (Lipinski definition) is 7. The van der Waals surface area contributed by atoms with Crippen molar-refractivity contribution in [2.75, 3.05) is 30.2 Å². The third-order valence-corrected chi connectivity index (χ3v) is 6.25. The van der Waals surface area contributed by atoms with Gasteiger partial charge in [0.1, 0.15) is 5.69 Å². The second-order valence-corrected chi connectivity index (χ2v) is 9.16. The molecule has 4 heterocycles. The van der Waals surface area contributed by atoms with Gasteiger partial charge in [-0.25, -0.2) is 18.4 Å². The number of sulfonamides is 1. The normalized spacial score (nSPS) is 18.6. The van der Waals surface area contributed by atoms with Gasteiger partial charge in [0.2, 0.25) is 10.0 Å². The van der Waals surface area contributed by atoms with Crippen LogP contribution >= 0.6 is 11.3 Å². The van der Waals surface area contributed by atoms with Crippen LogP contribution in [0.4, 0.5) is 5.82 Å². The smallest absolute Gasteiger partial charge is 0.273 e. The van der Waals surface area contributed by atoms with E-state index in [0.29, 0.717) is 30.3 Å². The summed E-state index contributed by atoms with van der Waals surface area (Å²) in [5.41, 5.74) is 0.603.